The lowest BCUT2D eigenvalue weighted by Gasteiger charge is -2.07. The number of halogens is 2. The lowest BCUT2D eigenvalue weighted by molar-refractivity contribution is 0.0954. The zero-order valence-corrected chi connectivity index (χ0v) is 13.6. The number of hydrogen-bond acceptors (Lipinski definition) is 5. The Bertz CT molecular complexity index is 907. The van der Waals surface area contributed by atoms with E-state index in [0.29, 0.717) is 16.4 Å². The summed E-state index contributed by atoms with van der Waals surface area (Å²) in [7, 11) is 1.54. The number of benzene rings is 2. The van der Waals surface area contributed by atoms with Crippen LogP contribution >= 0.6 is 11.3 Å². The van der Waals surface area contributed by atoms with E-state index in [9.17, 15) is 13.6 Å². The Morgan fingerprint density at radius 3 is 2.58 bits per heavy atom. The molecule has 0 saturated heterocycles. The SMILES string of the molecule is COc1ccc(C)c2sc(NNC(=O)c3c(F)cccc3F)nc12. The molecule has 24 heavy (non-hydrogen) atoms. The Hall–Kier alpha value is -2.74. The van der Waals surface area contributed by atoms with Gasteiger partial charge < -0.3 is 4.74 Å². The smallest absolute Gasteiger partial charge is 0.275 e. The molecule has 2 aromatic carbocycles. The largest absolute Gasteiger partial charge is 0.494 e. The van der Waals surface area contributed by atoms with E-state index in [0.717, 1.165) is 22.4 Å². The second-order valence-corrected chi connectivity index (χ2v) is 5.96. The minimum Gasteiger partial charge on any atom is -0.494 e. The maximum absolute atomic E-state index is 13.6. The molecule has 0 radical (unpaired) electrons. The van der Waals surface area contributed by atoms with E-state index in [-0.39, 0.29) is 0 Å². The fourth-order valence-electron chi connectivity index (χ4n) is 2.22. The number of nitrogens with zero attached hydrogens (tertiary/aromatic N) is 1. The number of ether oxygens (including phenoxy) is 1. The number of methoxy groups -OCH3 is 1. The molecule has 1 heterocycles. The number of rotatable bonds is 4. The first-order valence-corrected chi connectivity index (χ1v) is 7.77. The molecule has 1 amide bonds. The van der Waals surface area contributed by atoms with Crippen LogP contribution in [0.25, 0.3) is 10.2 Å². The first-order chi connectivity index (χ1) is 11.5. The van der Waals surface area contributed by atoms with Gasteiger partial charge in [-0.3, -0.25) is 15.6 Å². The lowest BCUT2D eigenvalue weighted by Crippen LogP contribution is -2.30. The van der Waals surface area contributed by atoms with Gasteiger partial charge in [0, 0.05) is 0 Å². The molecule has 2 N–H and O–H groups in total. The highest BCUT2D eigenvalue weighted by molar-refractivity contribution is 7.22. The molecule has 0 fully saturated rings. The van der Waals surface area contributed by atoms with Gasteiger partial charge in [-0.05, 0) is 30.7 Å². The van der Waals surface area contributed by atoms with E-state index < -0.39 is 23.1 Å². The summed E-state index contributed by atoms with van der Waals surface area (Å²) in [6.07, 6.45) is 0. The minimum absolute atomic E-state index is 0.377. The number of amides is 1. The Morgan fingerprint density at radius 1 is 1.21 bits per heavy atom. The summed E-state index contributed by atoms with van der Waals surface area (Å²) in [4.78, 5) is 16.3. The molecule has 5 nitrogen and oxygen atoms in total. The van der Waals surface area contributed by atoms with Crippen molar-refractivity contribution in [3.05, 3.63) is 53.1 Å². The second kappa shape index (κ2) is 6.40. The Kier molecular flexibility index (Phi) is 4.30. The van der Waals surface area contributed by atoms with Crippen LogP contribution in [-0.4, -0.2) is 18.0 Å². The third-order valence-electron chi connectivity index (χ3n) is 3.40. The van der Waals surface area contributed by atoms with Gasteiger partial charge >= 0.3 is 0 Å². The van der Waals surface area contributed by atoms with E-state index in [1.165, 1.54) is 17.4 Å². The molecular formula is C16H13F2N3O2S. The number of aryl methyl sites for hydroxylation is 1. The molecule has 0 aliphatic rings. The molecule has 0 saturated carbocycles. The number of hydrogen-bond donors (Lipinski definition) is 2. The number of hydrazine groups is 1. The number of nitrogens with one attached hydrogen (secondary N) is 2. The standard InChI is InChI=1S/C16H13F2N3O2S/c1-8-6-7-11(23-2)13-14(8)24-16(19-13)21-20-15(22)12-9(17)4-3-5-10(12)18/h3-7H,1-2H3,(H,19,21)(H,20,22). The first kappa shape index (κ1) is 16.1. The van der Waals surface area contributed by atoms with Crippen LogP contribution in [0.2, 0.25) is 0 Å². The molecule has 0 aliphatic heterocycles. The number of thiazole rings is 1. The quantitative estimate of drug-likeness (QED) is 0.706. The maximum atomic E-state index is 13.6. The topological polar surface area (TPSA) is 63.2 Å². The van der Waals surface area contributed by atoms with E-state index in [2.05, 4.69) is 15.8 Å². The van der Waals surface area contributed by atoms with Crippen LogP contribution in [0.3, 0.4) is 0 Å². The number of carbonyl (C=O) groups excluding carboxylic acids is 1. The minimum atomic E-state index is -0.934. The van der Waals surface area contributed by atoms with Gasteiger partial charge in [0.1, 0.15) is 28.5 Å². The van der Waals surface area contributed by atoms with Gasteiger partial charge in [-0.15, -0.1) is 0 Å². The molecule has 8 heteroatoms. The van der Waals surface area contributed by atoms with Crippen molar-refractivity contribution >= 4 is 32.6 Å². The zero-order valence-electron chi connectivity index (χ0n) is 12.8. The van der Waals surface area contributed by atoms with Crippen LogP contribution in [0.15, 0.2) is 30.3 Å². The predicted molar refractivity (Wildman–Crippen MR) is 88.4 cm³/mol. The third-order valence-corrected chi connectivity index (χ3v) is 4.50. The van der Waals surface area contributed by atoms with Gasteiger partial charge in [0.25, 0.3) is 5.91 Å². The van der Waals surface area contributed by atoms with Gasteiger partial charge in [0.05, 0.1) is 11.8 Å². The highest BCUT2D eigenvalue weighted by Gasteiger charge is 2.17. The molecule has 0 unspecified atom stereocenters. The first-order valence-electron chi connectivity index (χ1n) is 6.95. The number of fused-ring (bicyclic) bond motifs is 1. The molecule has 3 aromatic rings. The fraction of sp³-hybridized carbons (Fsp3) is 0.125. The van der Waals surface area contributed by atoms with Gasteiger partial charge in [0.2, 0.25) is 5.13 Å². The molecule has 0 aliphatic carbocycles. The Balaban J connectivity index is 1.83. The molecule has 1 aromatic heterocycles. The summed E-state index contributed by atoms with van der Waals surface area (Å²) in [6, 6.07) is 6.93. The number of aromatic nitrogens is 1. The summed E-state index contributed by atoms with van der Waals surface area (Å²) in [6.45, 7) is 1.93. The van der Waals surface area contributed by atoms with Crippen LogP contribution in [0.4, 0.5) is 13.9 Å². The second-order valence-electron chi connectivity index (χ2n) is 4.96. The zero-order chi connectivity index (χ0) is 17.3. The molecule has 0 atom stereocenters. The van der Waals surface area contributed by atoms with Crippen molar-refractivity contribution in [2.45, 2.75) is 6.92 Å². The van der Waals surface area contributed by atoms with Gasteiger partial charge in [-0.25, -0.2) is 13.8 Å². The van der Waals surface area contributed by atoms with Crippen molar-refractivity contribution in [2.24, 2.45) is 0 Å². The Labute approximate surface area is 140 Å². The third kappa shape index (κ3) is 2.88. The van der Waals surface area contributed by atoms with Crippen molar-refractivity contribution in [3.63, 3.8) is 0 Å². The fourth-order valence-corrected chi connectivity index (χ4v) is 3.12. The van der Waals surface area contributed by atoms with Crippen LogP contribution in [0.1, 0.15) is 15.9 Å². The summed E-state index contributed by atoms with van der Waals surface area (Å²) < 4.78 is 33.3. The average Bonchev–Trinajstić information content (AvgIpc) is 2.98. The van der Waals surface area contributed by atoms with E-state index in [4.69, 9.17) is 4.74 Å². The molecule has 0 bridgehead atoms. The van der Waals surface area contributed by atoms with Crippen molar-refractivity contribution in [2.75, 3.05) is 12.5 Å². The number of carbonyl (C=O) groups is 1. The summed E-state index contributed by atoms with van der Waals surface area (Å²) >= 11 is 1.29. The monoisotopic (exact) mass is 349 g/mol. The molecule has 124 valence electrons. The van der Waals surface area contributed by atoms with E-state index in [1.807, 2.05) is 13.0 Å². The summed E-state index contributed by atoms with van der Waals surface area (Å²) in [5, 5.41) is 0.377. The van der Waals surface area contributed by atoms with E-state index >= 15 is 0 Å². The maximum Gasteiger partial charge on any atom is 0.275 e. The molecular weight excluding hydrogens is 336 g/mol. The molecule has 3 rings (SSSR count). The van der Waals surface area contributed by atoms with Crippen molar-refractivity contribution in [1.29, 1.82) is 0 Å². The predicted octanol–water partition coefficient (Wildman–Crippen LogP) is 3.65. The summed E-state index contributed by atoms with van der Waals surface area (Å²) in [5.74, 6) is -2.19. The van der Waals surface area contributed by atoms with Crippen molar-refractivity contribution in [1.82, 2.24) is 10.4 Å². The molecule has 0 spiro atoms. The van der Waals surface area contributed by atoms with E-state index in [1.54, 1.807) is 13.2 Å². The summed E-state index contributed by atoms with van der Waals surface area (Å²) in [5.41, 5.74) is 5.84. The van der Waals surface area contributed by atoms with Crippen LogP contribution in [0.5, 0.6) is 5.75 Å². The van der Waals surface area contributed by atoms with Crippen molar-refractivity contribution < 1.29 is 18.3 Å². The van der Waals surface area contributed by atoms with Gasteiger partial charge in [-0.2, -0.15) is 0 Å². The van der Waals surface area contributed by atoms with Crippen molar-refractivity contribution in [3.8, 4) is 5.75 Å². The Morgan fingerprint density at radius 2 is 1.92 bits per heavy atom. The highest BCUT2D eigenvalue weighted by atomic mass is 32.1. The van der Waals surface area contributed by atoms with Gasteiger partial charge in [-0.1, -0.05) is 23.5 Å². The highest BCUT2D eigenvalue weighted by Crippen LogP contribution is 2.34. The van der Waals surface area contributed by atoms with Crippen LogP contribution in [0, 0.1) is 18.6 Å². The lowest BCUT2D eigenvalue weighted by atomic mass is 10.2. The normalized spacial score (nSPS) is 10.7. The number of anilines is 1. The average molecular weight is 349 g/mol. The van der Waals surface area contributed by atoms with Crippen LogP contribution < -0.4 is 15.6 Å². The van der Waals surface area contributed by atoms with Crippen LogP contribution in [-0.2, 0) is 0 Å². The van der Waals surface area contributed by atoms with Gasteiger partial charge in [0.15, 0.2) is 0 Å².